The summed E-state index contributed by atoms with van der Waals surface area (Å²) in [6.45, 7) is 3.82. The predicted octanol–water partition coefficient (Wildman–Crippen LogP) is -2.22. The van der Waals surface area contributed by atoms with Gasteiger partial charge in [-0.15, -0.1) is 0 Å². The van der Waals surface area contributed by atoms with Gasteiger partial charge in [-0.25, -0.2) is 9.78 Å². The summed E-state index contributed by atoms with van der Waals surface area (Å²) in [4.78, 5) is 71.9. The van der Waals surface area contributed by atoms with Gasteiger partial charge in [-0.05, 0) is 31.6 Å². The van der Waals surface area contributed by atoms with Gasteiger partial charge in [-0.2, -0.15) is 0 Å². The highest BCUT2D eigenvalue weighted by Crippen LogP contribution is 2.09. The van der Waals surface area contributed by atoms with Crippen molar-refractivity contribution >= 4 is 35.6 Å². The lowest BCUT2D eigenvalue weighted by atomic mass is 10.0. The number of aliphatic imine (C=N–C) groups is 1. The lowest BCUT2D eigenvalue weighted by Gasteiger charge is -2.26. The topological polar surface area (TPSA) is 281 Å². The minimum absolute atomic E-state index is 0.0306. The molecule has 0 saturated heterocycles. The van der Waals surface area contributed by atoms with Gasteiger partial charge in [0.25, 0.3) is 0 Å². The Morgan fingerprint density at radius 3 is 2.13 bits per heavy atom. The molecule has 16 heteroatoms. The van der Waals surface area contributed by atoms with Gasteiger partial charge in [0.2, 0.25) is 17.7 Å². The molecule has 16 nitrogen and oxygen atoms in total. The molecule has 0 fully saturated rings. The van der Waals surface area contributed by atoms with E-state index in [9.17, 15) is 29.1 Å². The number of hydrogen-bond acceptors (Lipinski definition) is 8. The van der Waals surface area contributed by atoms with Crippen LogP contribution in [0.2, 0.25) is 0 Å². The Kier molecular flexibility index (Phi) is 14.0. The maximum absolute atomic E-state index is 13.2. The van der Waals surface area contributed by atoms with Crippen LogP contribution in [0.1, 0.15) is 51.6 Å². The maximum atomic E-state index is 13.2. The van der Waals surface area contributed by atoms with E-state index in [1.54, 1.807) is 0 Å². The number of aromatic nitrogens is 2. The highest BCUT2D eigenvalue weighted by Gasteiger charge is 2.31. The number of nitrogens with two attached hydrogens (primary N) is 3. The standard InChI is InChI=1S/C23H39N9O7/c1-12(2)8-16(31-19(35)14(24)5-6-18(33)34)20(36)32-17(9-13-10-27-11-29-13)21(37)30-15(22(38)39)4-3-7-28-23(25)26/h10-12,14-17H,3-9,24H2,1-2H3,(H,27,29)(H,30,37)(H,31,35)(H,32,36)(H,33,34)(H,38,39)(H4,25,26,28). The van der Waals surface area contributed by atoms with E-state index >= 15 is 0 Å². The number of nitrogens with one attached hydrogen (secondary N) is 4. The molecule has 4 atom stereocenters. The van der Waals surface area contributed by atoms with Crippen molar-refractivity contribution in [1.82, 2.24) is 25.9 Å². The van der Waals surface area contributed by atoms with Crippen molar-refractivity contribution in [1.29, 1.82) is 0 Å². The predicted molar refractivity (Wildman–Crippen MR) is 140 cm³/mol. The zero-order valence-electron chi connectivity index (χ0n) is 22.1. The van der Waals surface area contributed by atoms with Gasteiger partial charge < -0.3 is 48.3 Å². The number of nitrogens with zero attached hydrogens (tertiary/aromatic N) is 2. The van der Waals surface area contributed by atoms with E-state index < -0.39 is 53.8 Å². The van der Waals surface area contributed by atoms with Gasteiger partial charge in [0.15, 0.2) is 5.96 Å². The number of amides is 3. The fourth-order valence-corrected chi connectivity index (χ4v) is 3.52. The van der Waals surface area contributed by atoms with Gasteiger partial charge in [-0.1, -0.05) is 13.8 Å². The Morgan fingerprint density at radius 2 is 1.59 bits per heavy atom. The molecule has 4 unspecified atom stereocenters. The second-order valence-corrected chi connectivity index (χ2v) is 9.42. The Morgan fingerprint density at radius 1 is 0.974 bits per heavy atom. The average molecular weight is 554 g/mol. The van der Waals surface area contributed by atoms with Crippen molar-refractivity contribution in [3.63, 3.8) is 0 Å². The summed E-state index contributed by atoms with van der Waals surface area (Å²) in [5.74, 6) is -4.74. The van der Waals surface area contributed by atoms with Gasteiger partial charge >= 0.3 is 11.9 Å². The fourth-order valence-electron chi connectivity index (χ4n) is 3.52. The third-order valence-corrected chi connectivity index (χ3v) is 5.52. The van der Waals surface area contributed by atoms with Crippen molar-refractivity contribution in [2.24, 2.45) is 28.1 Å². The molecule has 3 amide bonds. The van der Waals surface area contributed by atoms with E-state index in [4.69, 9.17) is 22.3 Å². The number of H-pyrrole nitrogens is 1. The summed E-state index contributed by atoms with van der Waals surface area (Å²) in [7, 11) is 0. The molecule has 0 radical (unpaired) electrons. The molecule has 0 aliphatic carbocycles. The van der Waals surface area contributed by atoms with E-state index in [2.05, 4.69) is 30.9 Å². The van der Waals surface area contributed by atoms with Crippen LogP contribution in [0.5, 0.6) is 0 Å². The summed E-state index contributed by atoms with van der Waals surface area (Å²) in [6.07, 6.45) is 2.85. The maximum Gasteiger partial charge on any atom is 0.326 e. The van der Waals surface area contributed by atoms with Crippen LogP contribution in [0.4, 0.5) is 0 Å². The van der Waals surface area contributed by atoms with Crippen LogP contribution in [0.3, 0.4) is 0 Å². The first-order chi connectivity index (χ1) is 18.3. The van der Waals surface area contributed by atoms with Gasteiger partial charge in [0.1, 0.15) is 18.1 Å². The third-order valence-electron chi connectivity index (χ3n) is 5.52. The number of rotatable bonds is 18. The zero-order chi connectivity index (χ0) is 29.5. The van der Waals surface area contributed by atoms with Crippen molar-refractivity contribution in [2.45, 2.75) is 76.5 Å². The number of hydrogen-bond donors (Lipinski definition) is 9. The first kappa shape index (κ1) is 32.8. The number of carbonyl (C=O) groups is 5. The highest BCUT2D eigenvalue weighted by atomic mass is 16.4. The molecule has 0 aromatic carbocycles. The van der Waals surface area contributed by atoms with Crippen molar-refractivity contribution in [3.8, 4) is 0 Å². The lowest BCUT2D eigenvalue weighted by Crippen LogP contribution is -2.57. The first-order valence-electron chi connectivity index (χ1n) is 12.4. The first-order valence-corrected chi connectivity index (χ1v) is 12.4. The van der Waals surface area contributed by atoms with E-state index in [1.165, 1.54) is 12.5 Å². The van der Waals surface area contributed by atoms with E-state index in [0.29, 0.717) is 5.69 Å². The number of aliphatic carboxylic acids is 2. The second-order valence-electron chi connectivity index (χ2n) is 9.42. The number of carboxylic acids is 2. The van der Waals surface area contributed by atoms with Gasteiger partial charge in [0, 0.05) is 31.3 Å². The Balaban J connectivity index is 3.02. The van der Waals surface area contributed by atoms with E-state index in [-0.39, 0.29) is 56.9 Å². The molecule has 0 saturated carbocycles. The zero-order valence-corrected chi connectivity index (χ0v) is 22.1. The van der Waals surface area contributed by atoms with Crippen LogP contribution in [0, 0.1) is 5.92 Å². The monoisotopic (exact) mass is 553 g/mol. The fraction of sp³-hybridized carbons (Fsp3) is 0.609. The molecule has 1 rings (SSSR count). The van der Waals surface area contributed by atoms with Crippen LogP contribution in [0.15, 0.2) is 17.5 Å². The molecule has 1 aromatic heterocycles. The molecular weight excluding hydrogens is 514 g/mol. The smallest absolute Gasteiger partial charge is 0.326 e. The minimum atomic E-state index is -1.28. The van der Waals surface area contributed by atoms with Crippen LogP contribution < -0.4 is 33.2 Å². The molecule has 0 bridgehead atoms. The highest BCUT2D eigenvalue weighted by molar-refractivity contribution is 5.94. The Bertz CT molecular complexity index is 994. The van der Waals surface area contributed by atoms with E-state index in [0.717, 1.165) is 0 Å². The molecule has 0 aliphatic heterocycles. The largest absolute Gasteiger partial charge is 0.481 e. The molecule has 218 valence electrons. The van der Waals surface area contributed by atoms with Crippen molar-refractivity contribution in [3.05, 3.63) is 18.2 Å². The summed E-state index contributed by atoms with van der Waals surface area (Å²) < 4.78 is 0. The number of aromatic amines is 1. The van der Waals surface area contributed by atoms with Crippen LogP contribution in [0.25, 0.3) is 0 Å². The molecular formula is C23H39N9O7. The second kappa shape index (κ2) is 16.6. The number of imidazole rings is 1. The molecule has 0 spiro atoms. The summed E-state index contributed by atoms with van der Waals surface area (Å²) in [5.41, 5.74) is 16.8. The SMILES string of the molecule is CC(C)CC(NC(=O)C(N)CCC(=O)O)C(=O)NC(Cc1cnc[nH]1)C(=O)NC(CCCN=C(N)N)C(=O)O. The van der Waals surface area contributed by atoms with Crippen LogP contribution in [-0.4, -0.2) is 86.5 Å². The third kappa shape index (κ3) is 13.2. The molecule has 12 N–H and O–H groups in total. The summed E-state index contributed by atoms with van der Waals surface area (Å²) in [5, 5.41) is 25.9. The molecule has 39 heavy (non-hydrogen) atoms. The van der Waals surface area contributed by atoms with E-state index in [1.807, 2.05) is 13.8 Å². The Hall–Kier alpha value is -4.21. The summed E-state index contributed by atoms with van der Waals surface area (Å²) >= 11 is 0. The Labute approximate surface area is 225 Å². The molecule has 1 heterocycles. The molecule has 1 aromatic rings. The number of carboxylic acid groups (broad SMARTS) is 2. The molecule has 0 aliphatic rings. The van der Waals surface area contributed by atoms with Gasteiger partial charge in [-0.3, -0.25) is 24.2 Å². The van der Waals surface area contributed by atoms with Crippen molar-refractivity contribution < 1.29 is 34.2 Å². The lowest BCUT2D eigenvalue weighted by molar-refractivity contribution is -0.142. The normalized spacial score (nSPS) is 13.9. The summed E-state index contributed by atoms with van der Waals surface area (Å²) in [6, 6.07) is -4.72. The average Bonchev–Trinajstić information content (AvgIpc) is 3.35. The minimum Gasteiger partial charge on any atom is -0.481 e. The van der Waals surface area contributed by atoms with Gasteiger partial charge in [0.05, 0.1) is 12.4 Å². The van der Waals surface area contributed by atoms with Crippen LogP contribution in [-0.2, 0) is 30.4 Å². The van der Waals surface area contributed by atoms with Crippen molar-refractivity contribution in [2.75, 3.05) is 6.54 Å². The van der Waals surface area contributed by atoms with Crippen LogP contribution >= 0.6 is 0 Å². The number of carbonyl (C=O) groups excluding carboxylic acids is 3. The number of guanidine groups is 1. The quantitative estimate of drug-likeness (QED) is 0.0533.